The highest BCUT2D eigenvalue weighted by Gasteiger charge is 2.23. The van der Waals surface area contributed by atoms with Gasteiger partial charge in [-0.3, -0.25) is 0 Å². The summed E-state index contributed by atoms with van der Waals surface area (Å²) in [7, 11) is 0. The van der Waals surface area contributed by atoms with E-state index in [1.807, 2.05) is 19.9 Å². The number of fused-ring (bicyclic) bond motifs is 1. The number of ether oxygens (including phenoxy) is 1. The van der Waals surface area contributed by atoms with E-state index in [0.717, 1.165) is 29.4 Å². The summed E-state index contributed by atoms with van der Waals surface area (Å²) in [5.74, 6) is 1.05. The molecule has 2 aromatic rings. The van der Waals surface area contributed by atoms with Crippen molar-refractivity contribution in [1.82, 2.24) is 15.3 Å². The molecule has 1 saturated heterocycles. The van der Waals surface area contributed by atoms with Crippen LogP contribution >= 0.6 is 0 Å². The van der Waals surface area contributed by atoms with Gasteiger partial charge >= 0.3 is 0 Å². The van der Waals surface area contributed by atoms with Crippen LogP contribution in [0.3, 0.4) is 0 Å². The van der Waals surface area contributed by atoms with E-state index in [1.54, 1.807) is 12.4 Å². The Bertz CT molecular complexity index is 646. The maximum atomic E-state index is 6.21. The largest absolute Gasteiger partial charge is 0.471 e. The number of hydrogen-bond acceptors (Lipinski definition) is 6. The number of anilines is 1. The van der Waals surface area contributed by atoms with Gasteiger partial charge in [-0.15, -0.1) is 0 Å². The summed E-state index contributed by atoms with van der Waals surface area (Å²) in [6.07, 6.45) is 3.64. The van der Waals surface area contributed by atoms with Crippen LogP contribution < -0.4 is 21.5 Å². The third kappa shape index (κ3) is 2.28. The normalized spacial score (nSPS) is 16.1. The molecule has 0 amide bonds. The lowest BCUT2D eigenvalue weighted by Gasteiger charge is -2.28. The number of pyridine rings is 2. The molecule has 5 N–H and O–H groups in total. The summed E-state index contributed by atoms with van der Waals surface area (Å²) in [5.41, 5.74) is 12.4. The summed E-state index contributed by atoms with van der Waals surface area (Å²) in [5, 5.41) is 4.96. The summed E-state index contributed by atoms with van der Waals surface area (Å²) in [6, 6.07) is 1.83. The van der Waals surface area contributed by atoms with E-state index in [1.165, 1.54) is 0 Å². The molecule has 3 rings (SSSR count). The lowest BCUT2D eigenvalue weighted by molar-refractivity contribution is 0.138. The number of nitrogen functional groups attached to an aromatic ring is 1. The van der Waals surface area contributed by atoms with Crippen molar-refractivity contribution in [2.24, 2.45) is 5.73 Å². The molecule has 6 heteroatoms. The van der Waals surface area contributed by atoms with E-state index in [-0.39, 0.29) is 6.10 Å². The molecule has 1 aliphatic rings. The van der Waals surface area contributed by atoms with Gasteiger partial charge in [-0.25, -0.2) is 9.97 Å². The first-order valence-corrected chi connectivity index (χ1v) is 6.66. The second-order valence-corrected chi connectivity index (χ2v) is 5.75. The smallest absolute Gasteiger partial charge is 0.223 e. The molecule has 2 aromatic heterocycles. The molecule has 0 unspecified atom stereocenters. The van der Waals surface area contributed by atoms with Gasteiger partial charge in [0.15, 0.2) is 0 Å². The van der Waals surface area contributed by atoms with Crippen LogP contribution in [0.1, 0.15) is 19.4 Å². The number of nitrogens with two attached hydrogens (primary N) is 2. The number of rotatable bonds is 3. The van der Waals surface area contributed by atoms with Crippen molar-refractivity contribution in [2.45, 2.75) is 25.5 Å². The molecule has 0 aliphatic carbocycles. The zero-order valence-corrected chi connectivity index (χ0v) is 11.7. The van der Waals surface area contributed by atoms with Crippen LogP contribution in [0.25, 0.3) is 10.8 Å². The maximum absolute atomic E-state index is 6.21. The molecule has 20 heavy (non-hydrogen) atoms. The van der Waals surface area contributed by atoms with Crippen LogP contribution in [0.15, 0.2) is 18.5 Å². The van der Waals surface area contributed by atoms with Crippen molar-refractivity contribution < 1.29 is 4.74 Å². The fourth-order valence-corrected chi connectivity index (χ4v) is 2.24. The fourth-order valence-electron chi connectivity index (χ4n) is 2.24. The molecule has 6 nitrogen and oxygen atoms in total. The third-order valence-corrected chi connectivity index (χ3v) is 3.47. The van der Waals surface area contributed by atoms with Crippen molar-refractivity contribution in [3.8, 4) is 5.88 Å². The Morgan fingerprint density at radius 1 is 1.25 bits per heavy atom. The fraction of sp³-hybridized carbons (Fsp3) is 0.429. The monoisotopic (exact) mass is 273 g/mol. The molecule has 3 heterocycles. The highest BCUT2D eigenvalue weighted by Crippen LogP contribution is 2.32. The van der Waals surface area contributed by atoms with E-state index >= 15 is 0 Å². The van der Waals surface area contributed by atoms with Gasteiger partial charge in [0.05, 0.1) is 5.39 Å². The zero-order chi connectivity index (χ0) is 14.3. The van der Waals surface area contributed by atoms with Crippen LogP contribution in [0, 0.1) is 0 Å². The van der Waals surface area contributed by atoms with Gasteiger partial charge < -0.3 is 21.5 Å². The molecule has 0 saturated carbocycles. The number of hydrogen-bond donors (Lipinski definition) is 3. The minimum absolute atomic E-state index is 0.167. The maximum Gasteiger partial charge on any atom is 0.223 e. The van der Waals surface area contributed by atoms with Gasteiger partial charge in [0.2, 0.25) is 5.88 Å². The molecular weight excluding hydrogens is 254 g/mol. The minimum Gasteiger partial charge on any atom is -0.471 e. The van der Waals surface area contributed by atoms with Gasteiger partial charge in [-0.05, 0) is 30.9 Å². The van der Waals surface area contributed by atoms with E-state index in [2.05, 4.69) is 15.3 Å². The van der Waals surface area contributed by atoms with Gasteiger partial charge in [0.25, 0.3) is 0 Å². The molecular formula is C14H19N5O. The van der Waals surface area contributed by atoms with Gasteiger partial charge in [-0.1, -0.05) is 0 Å². The third-order valence-electron chi connectivity index (χ3n) is 3.47. The molecule has 0 bridgehead atoms. The minimum atomic E-state index is -0.504. The van der Waals surface area contributed by atoms with E-state index < -0.39 is 5.54 Å². The Morgan fingerprint density at radius 3 is 2.60 bits per heavy atom. The average molecular weight is 273 g/mol. The average Bonchev–Trinajstić information content (AvgIpc) is 2.31. The Morgan fingerprint density at radius 2 is 2.00 bits per heavy atom. The second-order valence-electron chi connectivity index (χ2n) is 5.75. The topological polar surface area (TPSA) is 99.1 Å². The number of aromatic nitrogens is 2. The van der Waals surface area contributed by atoms with Gasteiger partial charge in [0.1, 0.15) is 11.9 Å². The molecule has 0 spiro atoms. The molecule has 106 valence electrons. The van der Waals surface area contributed by atoms with E-state index in [4.69, 9.17) is 16.2 Å². The molecule has 0 radical (unpaired) electrons. The zero-order valence-electron chi connectivity index (χ0n) is 11.7. The predicted molar refractivity (Wildman–Crippen MR) is 78.4 cm³/mol. The lowest BCUT2D eigenvalue weighted by atomic mass is 9.93. The molecule has 0 atom stereocenters. The van der Waals surface area contributed by atoms with Gasteiger partial charge in [-0.2, -0.15) is 0 Å². The lowest BCUT2D eigenvalue weighted by Crippen LogP contribution is -2.50. The first-order chi connectivity index (χ1) is 9.45. The van der Waals surface area contributed by atoms with Crippen LogP contribution in [0.2, 0.25) is 0 Å². The Labute approximate surface area is 117 Å². The quantitative estimate of drug-likeness (QED) is 0.763. The summed E-state index contributed by atoms with van der Waals surface area (Å²) >= 11 is 0. The van der Waals surface area contributed by atoms with E-state index in [0.29, 0.717) is 11.7 Å². The first kappa shape index (κ1) is 13.1. The van der Waals surface area contributed by atoms with Crippen molar-refractivity contribution in [3.63, 3.8) is 0 Å². The van der Waals surface area contributed by atoms with Crippen LogP contribution in [0.5, 0.6) is 5.88 Å². The Balaban J connectivity index is 2.14. The number of nitrogens with zero attached hydrogens (tertiary/aromatic N) is 2. The standard InChI is InChI=1S/C14H19N5O/c1-14(2,16)11-7-19-13(20-8-4-17-5-8)10-6-18-12(15)3-9(10)11/h3,6-8,17H,4-5,16H2,1-2H3,(H2,15,18). The highest BCUT2D eigenvalue weighted by atomic mass is 16.5. The second kappa shape index (κ2) is 4.57. The van der Waals surface area contributed by atoms with E-state index in [9.17, 15) is 0 Å². The molecule has 1 fully saturated rings. The van der Waals surface area contributed by atoms with Crippen molar-refractivity contribution >= 4 is 16.6 Å². The SMILES string of the molecule is CC(C)(N)c1cnc(OC2CNC2)c2cnc(N)cc12. The van der Waals surface area contributed by atoms with Crippen LogP contribution in [-0.2, 0) is 5.54 Å². The highest BCUT2D eigenvalue weighted by molar-refractivity contribution is 5.91. The first-order valence-electron chi connectivity index (χ1n) is 6.66. The summed E-state index contributed by atoms with van der Waals surface area (Å²) in [4.78, 5) is 8.56. The van der Waals surface area contributed by atoms with Crippen molar-refractivity contribution in [3.05, 3.63) is 24.0 Å². The predicted octanol–water partition coefficient (Wildman–Crippen LogP) is 0.756. The Kier molecular flexibility index (Phi) is 2.99. The van der Waals surface area contributed by atoms with Crippen molar-refractivity contribution in [2.75, 3.05) is 18.8 Å². The van der Waals surface area contributed by atoms with Crippen LogP contribution in [-0.4, -0.2) is 29.2 Å². The summed E-state index contributed by atoms with van der Waals surface area (Å²) in [6.45, 7) is 5.57. The van der Waals surface area contributed by atoms with Crippen LogP contribution in [0.4, 0.5) is 5.82 Å². The molecule has 1 aliphatic heterocycles. The Hall–Kier alpha value is -1.92. The number of nitrogens with one attached hydrogen (secondary N) is 1. The molecule has 0 aromatic carbocycles. The van der Waals surface area contributed by atoms with Gasteiger partial charge in [0, 0.05) is 31.0 Å². The van der Waals surface area contributed by atoms with Crippen molar-refractivity contribution in [1.29, 1.82) is 0 Å². The summed E-state index contributed by atoms with van der Waals surface area (Å²) < 4.78 is 5.88.